The normalized spacial score (nSPS) is 20.6. The molecule has 1 heterocycles. The average Bonchev–Trinajstić information content (AvgIpc) is 2.40. The Bertz CT molecular complexity index is 380. The Labute approximate surface area is 116 Å². The lowest BCUT2D eigenvalue weighted by Gasteiger charge is -2.32. The van der Waals surface area contributed by atoms with E-state index < -0.39 is 0 Å². The first kappa shape index (κ1) is 14.0. The Morgan fingerprint density at radius 1 is 1.39 bits per heavy atom. The van der Waals surface area contributed by atoms with E-state index in [0.29, 0.717) is 12.5 Å². The van der Waals surface area contributed by atoms with Gasteiger partial charge in [0.05, 0.1) is 6.10 Å². The second-order valence-electron chi connectivity index (χ2n) is 4.84. The van der Waals surface area contributed by atoms with Gasteiger partial charge in [0, 0.05) is 30.1 Å². The van der Waals surface area contributed by atoms with Gasteiger partial charge >= 0.3 is 0 Å². The van der Waals surface area contributed by atoms with Crippen molar-refractivity contribution in [1.29, 1.82) is 0 Å². The smallest absolute Gasteiger partial charge is 0.0650 e. The van der Waals surface area contributed by atoms with Crippen LogP contribution >= 0.6 is 15.9 Å². The van der Waals surface area contributed by atoms with Crippen molar-refractivity contribution in [1.82, 2.24) is 0 Å². The van der Waals surface area contributed by atoms with Crippen molar-refractivity contribution in [2.24, 2.45) is 11.7 Å². The fourth-order valence-electron chi connectivity index (χ4n) is 2.60. The standard InChI is InChI=1S/C14H20BrNO2/c15-12-3-1-2-11(8-12)13(9-16)14(17)10-4-6-18-7-5-10/h1-3,8,10,13-14,17H,4-7,9,16H2. The van der Waals surface area contributed by atoms with E-state index in [4.69, 9.17) is 10.5 Å². The van der Waals surface area contributed by atoms with Gasteiger partial charge in [0.15, 0.2) is 0 Å². The molecule has 0 aromatic heterocycles. The minimum atomic E-state index is -0.381. The topological polar surface area (TPSA) is 55.5 Å². The first-order chi connectivity index (χ1) is 8.72. The highest BCUT2D eigenvalue weighted by atomic mass is 79.9. The third kappa shape index (κ3) is 3.32. The molecule has 0 bridgehead atoms. The van der Waals surface area contributed by atoms with Crippen LogP contribution in [-0.4, -0.2) is 31.0 Å². The Morgan fingerprint density at radius 3 is 2.72 bits per heavy atom. The number of benzene rings is 1. The number of nitrogens with two attached hydrogens (primary N) is 1. The van der Waals surface area contributed by atoms with Crippen molar-refractivity contribution in [2.45, 2.75) is 24.9 Å². The highest BCUT2D eigenvalue weighted by molar-refractivity contribution is 9.10. The number of ether oxygens (including phenoxy) is 1. The molecule has 1 aliphatic heterocycles. The van der Waals surface area contributed by atoms with Gasteiger partial charge in [-0.25, -0.2) is 0 Å². The maximum Gasteiger partial charge on any atom is 0.0650 e. The van der Waals surface area contributed by atoms with Gasteiger partial charge in [-0.1, -0.05) is 28.1 Å². The molecule has 0 saturated carbocycles. The van der Waals surface area contributed by atoms with Crippen LogP contribution < -0.4 is 5.73 Å². The van der Waals surface area contributed by atoms with E-state index in [2.05, 4.69) is 15.9 Å². The molecular formula is C14H20BrNO2. The second kappa shape index (κ2) is 6.66. The van der Waals surface area contributed by atoms with E-state index in [1.807, 2.05) is 24.3 Å². The minimum Gasteiger partial charge on any atom is -0.392 e. The Morgan fingerprint density at radius 2 is 2.11 bits per heavy atom. The van der Waals surface area contributed by atoms with E-state index in [9.17, 15) is 5.11 Å². The zero-order chi connectivity index (χ0) is 13.0. The van der Waals surface area contributed by atoms with E-state index in [-0.39, 0.29) is 12.0 Å². The molecule has 0 spiro atoms. The van der Waals surface area contributed by atoms with Crippen molar-refractivity contribution in [3.8, 4) is 0 Å². The number of hydrogen-bond acceptors (Lipinski definition) is 3. The summed E-state index contributed by atoms with van der Waals surface area (Å²) in [4.78, 5) is 0. The highest BCUT2D eigenvalue weighted by Crippen LogP contribution is 2.30. The highest BCUT2D eigenvalue weighted by Gasteiger charge is 2.29. The fourth-order valence-corrected chi connectivity index (χ4v) is 3.01. The largest absolute Gasteiger partial charge is 0.392 e. The summed E-state index contributed by atoms with van der Waals surface area (Å²) < 4.78 is 6.36. The molecule has 3 N–H and O–H groups in total. The third-order valence-electron chi connectivity index (χ3n) is 3.69. The number of aliphatic hydroxyl groups excluding tert-OH is 1. The van der Waals surface area contributed by atoms with Crippen LogP contribution in [0.3, 0.4) is 0 Å². The summed E-state index contributed by atoms with van der Waals surface area (Å²) in [5, 5.41) is 10.5. The molecule has 1 aromatic rings. The summed E-state index contributed by atoms with van der Waals surface area (Å²) in [7, 11) is 0. The predicted octanol–water partition coefficient (Wildman–Crippen LogP) is 2.28. The van der Waals surface area contributed by atoms with E-state index >= 15 is 0 Å². The van der Waals surface area contributed by atoms with Crippen LogP contribution in [0.2, 0.25) is 0 Å². The molecule has 2 atom stereocenters. The molecular weight excluding hydrogens is 294 g/mol. The van der Waals surface area contributed by atoms with Crippen LogP contribution in [0.15, 0.2) is 28.7 Å². The van der Waals surface area contributed by atoms with Gasteiger partial charge in [-0.3, -0.25) is 0 Å². The summed E-state index contributed by atoms with van der Waals surface area (Å²) in [6.45, 7) is 1.96. The zero-order valence-electron chi connectivity index (χ0n) is 10.4. The SMILES string of the molecule is NCC(c1cccc(Br)c1)C(O)C1CCOCC1. The van der Waals surface area contributed by atoms with Crippen molar-refractivity contribution >= 4 is 15.9 Å². The number of halogens is 1. The lowest BCUT2D eigenvalue weighted by molar-refractivity contribution is -0.00194. The van der Waals surface area contributed by atoms with Crippen molar-refractivity contribution in [2.75, 3.05) is 19.8 Å². The number of hydrogen-bond donors (Lipinski definition) is 2. The van der Waals surface area contributed by atoms with Gasteiger partial charge in [0.1, 0.15) is 0 Å². The van der Waals surface area contributed by atoms with Crippen LogP contribution in [0.5, 0.6) is 0 Å². The summed E-state index contributed by atoms with van der Waals surface area (Å²) in [6, 6.07) is 8.04. The molecule has 4 heteroatoms. The fraction of sp³-hybridized carbons (Fsp3) is 0.571. The average molecular weight is 314 g/mol. The lowest BCUT2D eigenvalue weighted by atomic mass is 9.82. The summed E-state index contributed by atoms with van der Waals surface area (Å²) in [5.41, 5.74) is 6.96. The molecule has 100 valence electrons. The summed E-state index contributed by atoms with van der Waals surface area (Å²) in [6.07, 6.45) is 1.46. The molecule has 0 aliphatic carbocycles. The number of aliphatic hydroxyl groups is 1. The van der Waals surface area contributed by atoms with Gasteiger partial charge in [-0.2, -0.15) is 0 Å². The molecule has 2 rings (SSSR count). The monoisotopic (exact) mass is 313 g/mol. The van der Waals surface area contributed by atoms with E-state index in [1.54, 1.807) is 0 Å². The molecule has 2 unspecified atom stereocenters. The van der Waals surface area contributed by atoms with Gasteiger partial charge in [0.25, 0.3) is 0 Å². The second-order valence-corrected chi connectivity index (χ2v) is 5.75. The molecule has 0 radical (unpaired) electrons. The molecule has 1 saturated heterocycles. The van der Waals surface area contributed by atoms with Crippen molar-refractivity contribution in [3.63, 3.8) is 0 Å². The molecule has 1 aromatic carbocycles. The van der Waals surface area contributed by atoms with Crippen molar-refractivity contribution < 1.29 is 9.84 Å². The first-order valence-electron chi connectivity index (χ1n) is 6.43. The van der Waals surface area contributed by atoms with Crippen molar-refractivity contribution in [3.05, 3.63) is 34.3 Å². The number of rotatable bonds is 4. The predicted molar refractivity (Wildman–Crippen MR) is 75.5 cm³/mol. The molecule has 1 fully saturated rings. The van der Waals surface area contributed by atoms with Gasteiger partial charge in [-0.05, 0) is 36.5 Å². The summed E-state index contributed by atoms with van der Waals surface area (Å²) in [5.74, 6) is 0.303. The minimum absolute atomic E-state index is 0.00519. The quantitative estimate of drug-likeness (QED) is 0.896. The van der Waals surface area contributed by atoms with Crippen LogP contribution in [0.1, 0.15) is 24.3 Å². The van der Waals surface area contributed by atoms with Crippen LogP contribution in [-0.2, 0) is 4.74 Å². The Kier molecular flexibility index (Phi) is 5.18. The maximum atomic E-state index is 10.5. The molecule has 3 nitrogen and oxygen atoms in total. The van der Waals surface area contributed by atoms with Crippen LogP contribution in [0.25, 0.3) is 0 Å². The van der Waals surface area contributed by atoms with Crippen LogP contribution in [0.4, 0.5) is 0 Å². The summed E-state index contributed by atoms with van der Waals surface area (Å²) >= 11 is 3.46. The molecule has 0 amide bonds. The van der Waals surface area contributed by atoms with E-state index in [0.717, 1.165) is 36.1 Å². The lowest BCUT2D eigenvalue weighted by Crippen LogP contribution is -2.35. The van der Waals surface area contributed by atoms with Gasteiger partial charge < -0.3 is 15.6 Å². The van der Waals surface area contributed by atoms with Gasteiger partial charge in [0.2, 0.25) is 0 Å². The Hall–Kier alpha value is -0.420. The maximum absolute atomic E-state index is 10.5. The van der Waals surface area contributed by atoms with E-state index in [1.165, 1.54) is 0 Å². The molecule has 1 aliphatic rings. The molecule has 18 heavy (non-hydrogen) atoms. The Balaban J connectivity index is 2.11. The zero-order valence-corrected chi connectivity index (χ0v) is 12.0. The van der Waals surface area contributed by atoms with Gasteiger partial charge in [-0.15, -0.1) is 0 Å². The first-order valence-corrected chi connectivity index (χ1v) is 7.23. The van der Waals surface area contributed by atoms with Crippen LogP contribution in [0, 0.1) is 5.92 Å². The third-order valence-corrected chi connectivity index (χ3v) is 4.19.